The second kappa shape index (κ2) is 8.51. The number of aromatic nitrogens is 2. The molecule has 0 amide bonds. The Hall–Kier alpha value is -0.910. The summed E-state index contributed by atoms with van der Waals surface area (Å²) >= 11 is 0. The number of hydrogen-bond donors (Lipinski definition) is 1. The summed E-state index contributed by atoms with van der Waals surface area (Å²) in [6, 6.07) is 2.60. The molecule has 0 atom stereocenters. The summed E-state index contributed by atoms with van der Waals surface area (Å²) in [6.07, 6.45) is 5.73. The van der Waals surface area contributed by atoms with Crippen molar-refractivity contribution in [2.24, 2.45) is 5.73 Å². The Kier molecular flexibility index (Phi) is 6.67. The van der Waals surface area contributed by atoms with Gasteiger partial charge in [-0.3, -0.25) is 9.58 Å². The lowest BCUT2D eigenvalue weighted by molar-refractivity contribution is 0.247. The molecule has 2 heterocycles. The molecular formula is C16H31N5. The minimum absolute atomic E-state index is 0.445. The van der Waals surface area contributed by atoms with E-state index in [-0.39, 0.29) is 0 Å². The van der Waals surface area contributed by atoms with Crippen molar-refractivity contribution in [3.05, 3.63) is 18.0 Å². The highest BCUT2D eigenvalue weighted by atomic mass is 15.3. The Bertz CT molecular complexity index is 401. The Labute approximate surface area is 129 Å². The van der Waals surface area contributed by atoms with Gasteiger partial charge in [0.1, 0.15) is 0 Å². The predicted octanol–water partition coefficient (Wildman–Crippen LogP) is 1.71. The molecule has 1 aromatic heterocycles. The SMILES string of the molecule is CC(C)n1ccc(CN2CCCN(CCCCN)CC2)n1. The van der Waals surface area contributed by atoms with Crippen molar-refractivity contribution in [1.82, 2.24) is 19.6 Å². The maximum atomic E-state index is 5.57. The molecule has 0 spiro atoms. The topological polar surface area (TPSA) is 50.3 Å². The van der Waals surface area contributed by atoms with Crippen molar-refractivity contribution < 1.29 is 0 Å². The van der Waals surface area contributed by atoms with Gasteiger partial charge >= 0.3 is 0 Å². The molecule has 0 unspecified atom stereocenters. The third-order valence-corrected chi connectivity index (χ3v) is 4.19. The van der Waals surface area contributed by atoms with Crippen LogP contribution in [0.5, 0.6) is 0 Å². The van der Waals surface area contributed by atoms with Crippen LogP contribution in [0.2, 0.25) is 0 Å². The molecule has 2 rings (SSSR count). The molecule has 21 heavy (non-hydrogen) atoms. The first-order valence-electron chi connectivity index (χ1n) is 8.38. The Morgan fingerprint density at radius 1 is 1.14 bits per heavy atom. The fourth-order valence-electron chi connectivity index (χ4n) is 2.86. The van der Waals surface area contributed by atoms with Crippen LogP contribution in [0.15, 0.2) is 12.3 Å². The summed E-state index contributed by atoms with van der Waals surface area (Å²) in [4.78, 5) is 5.12. The van der Waals surface area contributed by atoms with E-state index in [4.69, 9.17) is 5.73 Å². The van der Waals surface area contributed by atoms with E-state index in [1.807, 2.05) is 4.68 Å². The van der Waals surface area contributed by atoms with Crippen LogP contribution in [0.1, 0.15) is 44.8 Å². The van der Waals surface area contributed by atoms with Gasteiger partial charge in [0, 0.05) is 31.9 Å². The molecule has 1 aliphatic heterocycles. The molecule has 0 saturated carbocycles. The van der Waals surface area contributed by atoms with E-state index in [0.717, 1.165) is 26.1 Å². The number of hydrogen-bond acceptors (Lipinski definition) is 4. The first-order valence-corrected chi connectivity index (χ1v) is 8.38. The van der Waals surface area contributed by atoms with Gasteiger partial charge in [0.2, 0.25) is 0 Å². The molecule has 5 nitrogen and oxygen atoms in total. The van der Waals surface area contributed by atoms with Crippen LogP contribution in [0.3, 0.4) is 0 Å². The molecule has 1 aliphatic rings. The van der Waals surface area contributed by atoms with Gasteiger partial charge in [0.15, 0.2) is 0 Å². The van der Waals surface area contributed by atoms with Crippen molar-refractivity contribution in [3.63, 3.8) is 0 Å². The van der Waals surface area contributed by atoms with Crippen LogP contribution >= 0.6 is 0 Å². The number of nitrogens with two attached hydrogens (primary N) is 1. The van der Waals surface area contributed by atoms with Crippen molar-refractivity contribution >= 4 is 0 Å². The highest BCUT2D eigenvalue weighted by molar-refractivity contribution is 4.99. The largest absolute Gasteiger partial charge is 0.330 e. The smallest absolute Gasteiger partial charge is 0.0764 e. The lowest BCUT2D eigenvalue weighted by Crippen LogP contribution is -2.31. The maximum Gasteiger partial charge on any atom is 0.0764 e. The quantitative estimate of drug-likeness (QED) is 0.778. The highest BCUT2D eigenvalue weighted by Crippen LogP contribution is 2.10. The molecule has 5 heteroatoms. The second-order valence-corrected chi connectivity index (χ2v) is 6.35. The Morgan fingerprint density at radius 2 is 1.90 bits per heavy atom. The van der Waals surface area contributed by atoms with Crippen molar-refractivity contribution in [1.29, 1.82) is 0 Å². The summed E-state index contributed by atoms with van der Waals surface area (Å²) in [7, 11) is 0. The maximum absolute atomic E-state index is 5.57. The third-order valence-electron chi connectivity index (χ3n) is 4.19. The van der Waals surface area contributed by atoms with Gasteiger partial charge in [0.25, 0.3) is 0 Å². The molecule has 2 N–H and O–H groups in total. The van der Waals surface area contributed by atoms with E-state index < -0.39 is 0 Å². The number of unbranched alkanes of at least 4 members (excludes halogenated alkanes) is 1. The van der Waals surface area contributed by atoms with Crippen LogP contribution in [0.4, 0.5) is 0 Å². The monoisotopic (exact) mass is 293 g/mol. The average Bonchev–Trinajstić information content (AvgIpc) is 2.81. The summed E-state index contributed by atoms with van der Waals surface area (Å²) in [5.74, 6) is 0. The first kappa shape index (κ1) is 16.5. The van der Waals surface area contributed by atoms with Crippen LogP contribution in [-0.2, 0) is 6.54 Å². The van der Waals surface area contributed by atoms with Gasteiger partial charge in [-0.2, -0.15) is 5.10 Å². The van der Waals surface area contributed by atoms with Gasteiger partial charge in [0.05, 0.1) is 5.69 Å². The van der Waals surface area contributed by atoms with Gasteiger partial charge in [-0.05, 0) is 65.4 Å². The molecular weight excluding hydrogens is 262 g/mol. The molecule has 1 saturated heterocycles. The Balaban J connectivity index is 1.77. The summed E-state index contributed by atoms with van der Waals surface area (Å²) in [5.41, 5.74) is 6.77. The number of rotatable bonds is 7. The van der Waals surface area contributed by atoms with Crippen molar-refractivity contribution in [2.45, 2.75) is 45.7 Å². The normalized spacial score (nSPS) is 18.3. The van der Waals surface area contributed by atoms with Crippen LogP contribution in [-0.4, -0.2) is 58.8 Å². The standard InChI is InChI=1S/C16H31N5/c1-15(2)21-11-6-16(18-21)14-20-10-5-9-19(12-13-20)8-4-3-7-17/h6,11,15H,3-5,7-10,12-14,17H2,1-2H3. The van der Waals surface area contributed by atoms with Gasteiger partial charge < -0.3 is 10.6 Å². The first-order chi connectivity index (χ1) is 10.2. The predicted molar refractivity (Wildman–Crippen MR) is 87.2 cm³/mol. The van der Waals surface area contributed by atoms with Crippen LogP contribution in [0, 0.1) is 0 Å². The minimum atomic E-state index is 0.445. The highest BCUT2D eigenvalue weighted by Gasteiger charge is 2.15. The Morgan fingerprint density at radius 3 is 2.62 bits per heavy atom. The van der Waals surface area contributed by atoms with Crippen molar-refractivity contribution in [3.8, 4) is 0 Å². The van der Waals surface area contributed by atoms with E-state index >= 15 is 0 Å². The van der Waals surface area contributed by atoms with E-state index in [1.54, 1.807) is 0 Å². The van der Waals surface area contributed by atoms with E-state index in [2.05, 4.69) is 41.0 Å². The van der Waals surface area contributed by atoms with Gasteiger partial charge in [-0.15, -0.1) is 0 Å². The third kappa shape index (κ3) is 5.41. The van der Waals surface area contributed by atoms with Gasteiger partial charge in [-0.25, -0.2) is 0 Å². The minimum Gasteiger partial charge on any atom is -0.330 e. The zero-order valence-electron chi connectivity index (χ0n) is 13.7. The van der Waals surface area contributed by atoms with Crippen LogP contribution < -0.4 is 5.73 Å². The van der Waals surface area contributed by atoms with Gasteiger partial charge in [-0.1, -0.05) is 0 Å². The molecule has 0 aromatic carbocycles. The van der Waals surface area contributed by atoms with E-state index in [0.29, 0.717) is 6.04 Å². The number of nitrogens with zero attached hydrogens (tertiary/aromatic N) is 4. The zero-order chi connectivity index (χ0) is 15.1. The summed E-state index contributed by atoms with van der Waals surface area (Å²) in [6.45, 7) is 12.1. The molecule has 1 aromatic rings. The average molecular weight is 293 g/mol. The van der Waals surface area contributed by atoms with Crippen LogP contribution in [0.25, 0.3) is 0 Å². The van der Waals surface area contributed by atoms with E-state index in [9.17, 15) is 0 Å². The fraction of sp³-hybridized carbons (Fsp3) is 0.812. The van der Waals surface area contributed by atoms with Crippen molar-refractivity contribution in [2.75, 3.05) is 39.3 Å². The summed E-state index contributed by atoms with van der Waals surface area (Å²) in [5, 5.41) is 4.66. The second-order valence-electron chi connectivity index (χ2n) is 6.35. The zero-order valence-corrected chi connectivity index (χ0v) is 13.7. The molecule has 0 aliphatic carbocycles. The fourth-order valence-corrected chi connectivity index (χ4v) is 2.86. The molecule has 0 radical (unpaired) electrons. The molecule has 0 bridgehead atoms. The molecule has 1 fully saturated rings. The molecule has 120 valence electrons. The van der Waals surface area contributed by atoms with E-state index in [1.165, 1.54) is 44.7 Å². The summed E-state index contributed by atoms with van der Waals surface area (Å²) < 4.78 is 2.05. The lowest BCUT2D eigenvalue weighted by Gasteiger charge is -2.21. The lowest BCUT2D eigenvalue weighted by atomic mass is 10.3.